The molecule has 2 amide bonds. The maximum absolute atomic E-state index is 13.8. The first-order chi connectivity index (χ1) is 18.0. The summed E-state index contributed by atoms with van der Waals surface area (Å²) in [5.41, 5.74) is -0.139. The zero-order valence-corrected chi connectivity index (χ0v) is 24.9. The minimum Gasteiger partial charge on any atom is -0.390 e. The number of nitrogens with zero attached hydrogens (tertiary/aromatic N) is 2. The molecule has 1 aromatic carbocycles. The van der Waals surface area contributed by atoms with E-state index >= 15 is 0 Å². The molecular formula is C28H45ClN4O5S. The highest BCUT2D eigenvalue weighted by molar-refractivity contribution is 7.92. The average molecular weight is 585 g/mol. The fourth-order valence-corrected chi connectivity index (χ4v) is 6.92. The summed E-state index contributed by atoms with van der Waals surface area (Å²) in [6.45, 7) is 4.71. The number of halogens is 1. The van der Waals surface area contributed by atoms with Crippen molar-refractivity contribution in [3.8, 4) is 0 Å². The molecule has 11 heteroatoms. The van der Waals surface area contributed by atoms with Crippen molar-refractivity contribution in [2.75, 3.05) is 30.6 Å². The minimum absolute atomic E-state index is 0. The van der Waals surface area contributed by atoms with E-state index in [0.717, 1.165) is 50.3 Å². The number of aliphatic hydroxyl groups is 1. The number of piperazine rings is 1. The maximum Gasteiger partial charge on any atom is 0.246 e. The Bertz CT molecular complexity index is 1080. The number of hydrogen-bond donors (Lipinski definition) is 3. The molecule has 0 bridgehead atoms. The average Bonchev–Trinajstić information content (AvgIpc) is 3.08. The highest BCUT2D eigenvalue weighted by atomic mass is 35.5. The molecule has 4 rings (SSSR count). The van der Waals surface area contributed by atoms with E-state index < -0.39 is 27.2 Å². The molecule has 0 aromatic heterocycles. The Morgan fingerprint density at radius 1 is 1.03 bits per heavy atom. The van der Waals surface area contributed by atoms with Crippen LogP contribution in [0.1, 0.15) is 83.1 Å². The molecule has 39 heavy (non-hydrogen) atoms. The van der Waals surface area contributed by atoms with Crippen LogP contribution < -0.4 is 10.0 Å². The number of anilines is 1. The van der Waals surface area contributed by atoms with Gasteiger partial charge in [-0.1, -0.05) is 51.2 Å². The second-order valence-corrected chi connectivity index (χ2v) is 13.3. The van der Waals surface area contributed by atoms with E-state index in [-0.39, 0.29) is 24.2 Å². The number of sulfonamides is 1. The van der Waals surface area contributed by atoms with E-state index in [1.165, 1.54) is 0 Å². The molecule has 9 nitrogen and oxygen atoms in total. The Hall–Kier alpha value is -1.88. The number of hydrogen-bond acceptors (Lipinski definition) is 6. The van der Waals surface area contributed by atoms with Crippen molar-refractivity contribution in [2.24, 2.45) is 0 Å². The summed E-state index contributed by atoms with van der Waals surface area (Å²) >= 11 is 0. The van der Waals surface area contributed by atoms with E-state index in [4.69, 9.17) is 0 Å². The second kappa shape index (κ2) is 13.2. The summed E-state index contributed by atoms with van der Waals surface area (Å²) in [5, 5.41) is 14.3. The number of benzene rings is 1. The van der Waals surface area contributed by atoms with Gasteiger partial charge in [-0.05, 0) is 49.8 Å². The zero-order valence-electron chi connectivity index (χ0n) is 23.3. The smallest absolute Gasteiger partial charge is 0.246 e. The quantitative estimate of drug-likeness (QED) is 0.383. The molecule has 0 radical (unpaired) electrons. The lowest BCUT2D eigenvalue weighted by atomic mass is 9.79. The lowest BCUT2D eigenvalue weighted by molar-refractivity contribution is -0.163. The van der Waals surface area contributed by atoms with Crippen LogP contribution in [-0.4, -0.2) is 78.2 Å². The molecule has 1 saturated carbocycles. The number of amides is 2. The zero-order chi connectivity index (χ0) is 27.4. The third-order valence-electron chi connectivity index (χ3n) is 8.51. The van der Waals surface area contributed by atoms with Gasteiger partial charge in [0.15, 0.2) is 0 Å². The van der Waals surface area contributed by atoms with Crippen LogP contribution in [-0.2, 0) is 26.2 Å². The number of carbonyl (C=O) groups excluding carboxylic acids is 2. The van der Waals surface area contributed by atoms with Crippen LogP contribution in [0.25, 0.3) is 0 Å². The number of rotatable bonds is 9. The summed E-state index contributed by atoms with van der Waals surface area (Å²) < 4.78 is 25.4. The molecule has 1 aliphatic carbocycles. The summed E-state index contributed by atoms with van der Waals surface area (Å²) in [4.78, 5) is 31.6. The lowest BCUT2D eigenvalue weighted by Gasteiger charge is -2.52. The van der Waals surface area contributed by atoms with E-state index in [1.54, 1.807) is 12.1 Å². The fraction of sp³-hybridized carbons (Fsp3) is 0.714. The summed E-state index contributed by atoms with van der Waals surface area (Å²) in [6.07, 6.45) is 9.85. The topological polar surface area (TPSA) is 119 Å². The highest BCUT2D eigenvalue weighted by Gasteiger charge is 2.54. The van der Waals surface area contributed by atoms with Crippen LogP contribution in [0.15, 0.2) is 24.3 Å². The molecule has 2 saturated heterocycles. The number of likely N-dealkylation sites (tertiary alicyclic amines) is 1. The highest BCUT2D eigenvalue weighted by Crippen LogP contribution is 2.37. The summed E-state index contributed by atoms with van der Waals surface area (Å²) in [6, 6.07) is 6.66. The van der Waals surface area contributed by atoms with Crippen molar-refractivity contribution in [3.05, 3.63) is 29.8 Å². The third-order valence-corrected chi connectivity index (χ3v) is 9.12. The van der Waals surface area contributed by atoms with E-state index in [2.05, 4.69) is 21.9 Å². The van der Waals surface area contributed by atoms with Crippen LogP contribution in [0.2, 0.25) is 0 Å². The van der Waals surface area contributed by atoms with Crippen molar-refractivity contribution < 1.29 is 23.1 Å². The van der Waals surface area contributed by atoms with E-state index in [0.29, 0.717) is 64.0 Å². The Kier molecular flexibility index (Phi) is 10.7. The van der Waals surface area contributed by atoms with Gasteiger partial charge in [-0.3, -0.25) is 19.2 Å². The molecule has 1 atom stereocenters. The third kappa shape index (κ3) is 7.86. The summed E-state index contributed by atoms with van der Waals surface area (Å²) in [7, 11) is -3.32. The van der Waals surface area contributed by atoms with Gasteiger partial charge in [-0.15, -0.1) is 12.4 Å². The van der Waals surface area contributed by atoms with Crippen molar-refractivity contribution in [3.63, 3.8) is 0 Å². The Labute approximate surface area is 239 Å². The van der Waals surface area contributed by atoms with E-state index in [9.17, 15) is 23.1 Å². The van der Waals surface area contributed by atoms with Gasteiger partial charge in [0.25, 0.3) is 0 Å². The van der Waals surface area contributed by atoms with Gasteiger partial charge < -0.3 is 15.3 Å². The molecule has 1 aromatic rings. The molecule has 220 valence electrons. The largest absolute Gasteiger partial charge is 0.390 e. The molecule has 3 fully saturated rings. The standard InChI is InChI=1S/C28H44N4O5S.ClH/c1-3-4-17-32-25(33)24(20-27(35)13-7-5-6-8-14-27)29-26(34)28(32)15-18-31(19-16-28)21-22-9-11-23(12-10-22)30-38(2,36)37;/h9-12,24,30,35H,3-8,13-21H2,1-2H3,(H,29,34);1H/t24-;/m1./s1. The van der Waals surface area contributed by atoms with Gasteiger partial charge in [0.1, 0.15) is 11.6 Å². The molecular weight excluding hydrogens is 540 g/mol. The Morgan fingerprint density at radius 3 is 2.21 bits per heavy atom. The number of unbranched alkanes of at least 4 members (excludes halogenated alkanes) is 1. The maximum atomic E-state index is 13.8. The molecule has 1 spiro atoms. The molecule has 2 heterocycles. The lowest BCUT2D eigenvalue weighted by Crippen LogP contribution is -2.73. The van der Waals surface area contributed by atoms with Gasteiger partial charge in [0, 0.05) is 38.3 Å². The van der Waals surface area contributed by atoms with Gasteiger partial charge in [0.05, 0.1) is 11.9 Å². The number of nitrogens with one attached hydrogen (secondary N) is 2. The Morgan fingerprint density at radius 2 is 1.64 bits per heavy atom. The van der Waals surface area contributed by atoms with Crippen LogP contribution in [0.5, 0.6) is 0 Å². The molecule has 3 aliphatic rings. The molecule has 2 aliphatic heterocycles. The van der Waals surface area contributed by atoms with Crippen LogP contribution in [0.4, 0.5) is 5.69 Å². The first-order valence-electron chi connectivity index (χ1n) is 14.2. The van der Waals surface area contributed by atoms with Crippen molar-refractivity contribution >= 4 is 39.9 Å². The van der Waals surface area contributed by atoms with Gasteiger partial charge >= 0.3 is 0 Å². The van der Waals surface area contributed by atoms with Crippen LogP contribution in [0.3, 0.4) is 0 Å². The van der Waals surface area contributed by atoms with Crippen molar-refractivity contribution in [2.45, 2.75) is 101 Å². The summed E-state index contributed by atoms with van der Waals surface area (Å²) in [5.74, 6) is -0.121. The number of carbonyl (C=O) groups is 2. The van der Waals surface area contributed by atoms with Gasteiger partial charge in [-0.25, -0.2) is 8.42 Å². The molecule has 3 N–H and O–H groups in total. The Balaban J connectivity index is 0.00000420. The fourth-order valence-electron chi connectivity index (χ4n) is 6.35. The molecule has 0 unspecified atom stereocenters. The van der Waals surface area contributed by atoms with Crippen LogP contribution >= 0.6 is 12.4 Å². The second-order valence-electron chi connectivity index (χ2n) is 11.6. The normalized spacial score (nSPS) is 23.6. The van der Waals surface area contributed by atoms with Crippen molar-refractivity contribution in [1.29, 1.82) is 0 Å². The van der Waals surface area contributed by atoms with Crippen LogP contribution in [0, 0.1) is 0 Å². The monoisotopic (exact) mass is 584 g/mol. The first kappa shape index (κ1) is 31.6. The van der Waals surface area contributed by atoms with E-state index in [1.807, 2.05) is 17.0 Å². The predicted molar refractivity (Wildman–Crippen MR) is 155 cm³/mol. The first-order valence-corrected chi connectivity index (χ1v) is 16.1. The SMILES string of the molecule is CCCCN1C(=O)[C@@H](CC2(O)CCCCCC2)NC(=O)C12CCN(Cc1ccc(NS(C)(=O)=O)cc1)CC2.Cl. The van der Waals surface area contributed by atoms with Crippen molar-refractivity contribution in [1.82, 2.24) is 15.1 Å². The van der Waals surface area contributed by atoms with Gasteiger partial charge in [-0.2, -0.15) is 0 Å². The van der Waals surface area contributed by atoms with Gasteiger partial charge in [0.2, 0.25) is 21.8 Å². The predicted octanol–water partition coefficient (Wildman–Crippen LogP) is 3.42. The number of piperidine rings is 1. The minimum atomic E-state index is -3.32.